The van der Waals surface area contributed by atoms with Crippen molar-refractivity contribution in [3.63, 3.8) is 0 Å². The van der Waals surface area contributed by atoms with Crippen molar-refractivity contribution in [2.45, 2.75) is 59.1 Å². The molecule has 2 amide bonds. The van der Waals surface area contributed by atoms with Crippen LogP contribution in [0.2, 0.25) is 0 Å². The van der Waals surface area contributed by atoms with Crippen LogP contribution < -0.4 is 5.32 Å². The van der Waals surface area contributed by atoms with Gasteiger partial charge in [0, 0.05) is 25.6 Å². The molecule has 0 aromatic rings. The van der Waals surface area contributed by atoms with Crippen LogP contribution in [0, 0.1) is 11.8 Å². The number of hydrogen-bond acceptors (Lipinski definition) is 3. The molecule has 5 nitrogen and oxygen atoms in total. The molecule has 20 heavy (non-hydrogen) atoms. The molecule has 0 radical (unpaired) electrons. The monoisotopic (exact) mass is 284 g/mol. The van der Waals surface area contributed by atoms with Crippen molar-refractivity contribution in [3.05, 3.63) is 0 Å². The molecule has 1 heterocycles. The second kappa shape index (κ2) is 7.62. The fourth-order valence-corrected chi connectivity index (χ4v) is 2.76. The Morgan fingerprint density at radius 3 is 2.45 bits per heavy atom. The van der Waals surface area contributed by atoms with E-state index in [1.165, 1.54) is 0 Å². The summed E-state index contributed by atoms with van der Waals surface area (Å²) in [7, 11) is 0. The van der Waals surface area contributed by atoms with Crippen molar-refractivity contribution in [1.29, 1.82) is 0 Å². The summed E-state index contributed by atoms with van der Waals surface area (Å²) in [6.07, 6.45) is 1.57. The van der Waals surface area contributed by atoms with Crippen LogP contribution in [0.1, 0.15) is 47.0 Å². The van der Waals surface area contributed by atoms with Gasteiger partial charge in [-0.2, -0.15) is 0 Å². The molecule has 1 saturated heterocycles. The zero-order valence-corrected chi connectivity index (χ0v) is 13.1. The normalized spacial score (nSPS) is 20.9. The summed E-state index contributed by atoms with van der Waals surface area (Å²) in [4.78, 5) is 25.6. The number of carbonyl (C=O) groups is 2. The average Bonchev–Trinajstić information content (AvgIpc) is 2.79. The van der Waals surface area contributed by atoms with Gasteiger partial charge >= 0.3 is 0 Å². The van der Waals surface area contributed by atoms with Gasteiger partial charge in [0.15, 0.2) is 0 Å². The third kappa shape index (κ3) is 4.20. The third-order valence-electron chi connectivity index (χ3n) is 4.23. The number of hydrogen-bond donors (Lipinski definition) is 2. The van der Waals surface area contributed by atoms with Crippen LogP contribution in [0.15, 0.2) is 0 Å². The first-order chi connectivity index (χ1) is 9.40. The summed E-state index contributed by atoms with van der Waals surface area (Å²) in [5.41, 5.74) is 0. The lowest BCUT2D eigenvalue weighted by atomic mass is 9.96. The predicted octanol–water partition coefficient (Wildman–Crippen LogP) is 1.16. The molecule has 116 valence electrons. The van der Waals surface area contributed by atoms with E-state index in [0.717, 1.165) is 12.8 Å². The van der Waals surface area contributed by atoms with Gasteiger partial charge in [-0.3, -0.25) is 9.59 Å². The number of likely N-dealkylation sites (tertiary alicyclic amines) is 1. The standard InChI is InChI=1S/C15H28N2O3/c1-5-11(6-2)13(18)8-16-15(20)12-7-14(19)17(9-12)10(3)4/h10-13,18H,5-9H2,1-4H3,(H,16,20). The van der Waals surface area contributed by atoms with Gasteiger partial charge < -0.3 is 15.3 Å². The van der Waals surface area contributed by atoms with E-state index < -0.39 is 6.10 Å². The minimum absolute atomic E-state index is 0.0423. The Bertz CT molecular complexity index is 340. The molecule has 0 bridgehead atoms. The Balaban J connectivity index is 2.43. The Hall–Kier alpha value is -1.10. The Labute approximate surface area is 121 Å². The molecular formula is C15H28N2O3. The van der Waals surface area contributed by atoms with Crippen molar-refractivity contribution in [1.82, 2.24) is 10.2 Å². The second-order valence-electron chi connectivity index (χ2n) is 5.93. The molecule has 0 spiro atoms. The van der Waals surface area contributed by atoms with Gasteiger partial charge in [0.25, 0.3) is 0 Å². The first kappa shape index (κ1) is 17.0. The first-order valence-electron chi connectivity index (χ1n) is 7.65. The lowest BCUT2D eigenvalue weighted by molar-refractivity contribution is -0.130. The first-order valence-corrected chi connectivity index (χ1v) is 7.65. The largest absolute Gasteiger partial charge is 0.391 e. The molecule has 0 aromatic heterocycles. The minimum Gasteiger partial charge on any atom is -0.391 e. The summed E-state index contributed by atoms with van der Waals surface area (Å²) < 4.78 is 0. The maximum absolute atomic E-state index is 12.1. The van der Waals surface area contributed by atoms with E-state index in [0.29, 0.717) is 6.54 Å². The highest BCUT2D eigenvalue weighted by molar-refractivity contribution is 5.89. The zero-order valence-electron chi connectivity index (χ0n) is 13.1. The lowest BCUT2D eigenvalue weighted by Gasteiger charge is -2.22. The lowest BCUT2D eigenvalue weighted by Crippen LogP contribution is -2.40. The molecule has 0 aliphatic carbocycles. The highest BCUT2D eigenvalue weighted by Gasteiger charge is 2.35. The molecule has 1 aliphatic rings. The molecule has 1 aliphatic heterocycles. The van der Waals surface area contributed by atoms with E-state index in [-0.39, 0.29) is 42.7 Å². The van der Waals surface area contributed by atoms with Gasteiger partial charge in [-0.25, -0.2) is 0 Å². The molecule has 0 aromatic carbocycles. The van der Waals surface area contributed by atoms with Crippen LogP contribution in [-0.4, -0.2) is 47.1 Å². The number of rotatable bonds is 7. The van der Waals surface area contributed by atoms with E-state index in [4.69, 9.17) is 0 Å². The maximum Gasteiger partial charge on any atom is 0.225 e. The fraction of sp³-hybridized carbons (Fsp3) is 0.867. The van der Waals surface area contributed by atoms with Crippen LogP contribution in [0.5, 0.6) is 0 Å². The van der Waals surface area contributed by atoms with Crippen LogP contribution in [0.3, 0.4) is 0 Å². The summed E-state index contributed by atoms with van der Waals surface area (Å²) in [6, 6.07) is 0.135. The minimum atomic E-state index is -0.507. The molecule has 0 saturated carbocycles. The molecule has 2 N–H and O–H groups in total. The molecule has 2 unspecified atom stereocenters. The van der Waals surface area contributed by atoms with Crippen LogP contribution >= 0.6 is 0 Å². The van der Waals surface area contributed by atoms with Gasteiger partial charge in [0.05, 0.1) is 12.0 Å². The van der Waals surface area contributed by atoms with Gasteiger partial charge in [-0.15, -0.1) is 0 Å². The van der Waals surface area contributed by atoms with Gasteiger partial charge in [-0.05, 0) is 19.8 Å². The summed E-state index contributed by atoms with van der Waals surface area (Å²) in [6.45, 7) is 8.75. The maximum atomic E-state index is 12.1. The quantitative estimate of drug-likeness (QED) is 0.737. The van der Waals surface area contributed by atoms with E-state index in [1.54, 1.807) is 4.90 Å². The van der Waals surface area contributed by atoms with Gasteiger partial charge in [0.1, 0.15) is 0 Å². The molecule has 1 rings (SSSR count). The highest BCUT2D eigenvalue weighted by Crippen LogP contribution is 2.20. The van der Waals surface area contributed by atoms with Crippen molar-refractivity contribution in [3.8, 4) is 0 Å². The summed E-state index contributed by atoms with van der Waals surface area (Å²) >= 11 is 0. The Morgan fingerprint density at radius 2 is 2.00 bits per heavy atom. The highest BCUT2D eigenvalue weighted by atomic mass is 16.3. The van der Waals surface area contributed by atoms with E-state index in [9.17, 15) is 14.7 Å². The second-order valence-corrected chi connectivity index (χ2v) is 5.93. The van der Waals surface area contributed by atoms with Crippen molar-refractivity contribution in [2.75, 3.05) is 13.1 Å². The van der Waals surface area contributed by atoms with Gasteiger partial charge in [0.2, 0.25) is 11.8 Å². The van der Waals surface area contributed by atoms with Crippen molar-refractivity contribution < 1.29 is 14.7 Å². The molecular weight excluding hydrogens is 256 g/mol. The number of nitrogens with one attached hydrogen (secondary N) is 1. The SMILES string of the molecule is CCC(CC)C(O)CNC(=O)C1CC(=O)N(C(C)C)C1. The van der Waals surface area contributed by atoms with E-state index >= 15 is 0 Å². The fourth-order valence-electron chi connectivity index (χ4n) is 2.76. The van der Waals surface area contributed by atoms with E-state index in [2.05, 4.69) is 5.32 Å². The summed E-state index contributed by atoms with van der Waals surface area (Å²) in [5, 5.41) is 12.8. The molecule has 1 fully saturated rings. The topological polar surface area (TPSA) is 69.6 Å². The third-order valence-corrected chi connectivity index (χ3v) is 4.23. The van der Waals surface area contributed by atoms with Gasteiger partial charge in [-0.1, -0.05) is 26.7 Å². The Morgan fingerprint density at radius 1 is 1.40 bits per heavy atom. The summed E-state index contributed by atoms with van der Waals surface area (Å²) in [5.74, 6) is -0.140. The van der Waals surface area contributed by atoms with E-state index in [1.807, 2.05) is 27.7 Å². The van der Waals surface area contributed by atoms with Crippen LogP contribution in [-0.2, 0) is 9.59 Å². The number of aliphatic hydroxyl groups is 1. The number of aliphatic hydroxyl groups excluding tert-OH is 1. The van der Waals surface area contributed by atoms with Crippen LogP contribution in [0.25, 0.3) is 0 Å². The number of nitrogens with zero attached hydrogens (tertiary/aromatic N) is 1. The molecule has 2 atom stereocenters. The Kier molecular flexibility index (Phi) is 6.46. The number of amides is 2. The van der Waals surface area contributed by atoms with Crippen molar-refractivity contribution in [2.24, 2.45) is 11.8 Å². The van der Waals surface area contributed by atoms with Crippen LogP contribution in [0.4, 0.5) is 0 Å². The predicted molar refractivity (Wildman–Crippen MR) is 78.0 cm³/mol. The molecule has 5 heteroatoms. The average molecular weight is 284 g/mol. The smallest absolute Gasteiger partial charge is 0.225 e. The zero-order chi connectivity index (χ0) is 15.3. The van der Waals surface area contributed by atoms with Crippen molar-refractivity contribution >= 4 is 11.8 Å². The number of carbonyl (C=O) groups excluding carboxylic acids is 2.